The van der Waals surface area contributed by atoms with E-state index in [9.17, 15) is 14.0 Å². The van der Waals surface area contributed by atoms with E-state index in [4.69, 9.17) is 0 Å². The molecule has 1 saturated heterocycles. The summed E-state index contributed by atoms with van der Waals surface area (Å²) in [4.78, 5) is 28.1. The van der Waals surface area contributed by atoms with E-state index in [2.05, 4.69) is 10.2 Å². The maximum atomic E-state index is 13.0. The summed E-state index contributed by atoms with van der Waals surface area (Å²) in [6.45, 7) is 3.44. The van der Waals surface area contributed by atoms with E-state index in [1.165, 1.54) is 55.4 Å². The van der Waals surface area contributed by atoms with Gasteiger partial charge in [0.1, 0.15) is 12.4 Å². The van der Waals surface area contributed by atoms with Gasteiger partial charge in [0.25, 0.3) is 0 Å². The van der Waals surface area contributed by atoms with Crippen LogP contribution in [-0.2, 0) is 9.59 Å². The number of amides is 2. The minimum absolute atomic E-state index is 0.101. The molecule has 2 aromatic rings. The molecule has 3 rings (SSSR count). The molecule has 142 valence electrons. The Bertz CT molecular complexity index is 784. The fraction of sp³-hybridized carbons (Fsp3) is 0.333. The summed E-state index contributed by atoms with van der Waals surface area (Å²) < 4.78 is 13.0. The highest BCUT2D eigenvalue weighted by molar-refractivity contribution is 6.01. The lowest BCUT2D eigenvalue weighted by Gasteiger charge is -2.29. The van der Waals surface area contributed by atoms with Crippen molar-refractivity contribution in [2.45, 2.75) is 26.2 Å². The zero-order chi connectivity index (χ0) is 19.2. The Morgan fingerprint density at radius 3 is 2.22 bits per heavy atom. The Hall–Kier alpha value is -2.89. The van der Waals surface area contributed by atoms with Crippen molar-refractivity contribution in [2.24, 2.45) is 0 Å². The van der Waals surface area contributed by atoms with Gasteiger partial charge in [-0.25, -0.2) is 4.39 Å². The van der Waals surface area contributed by atoms with E-state index in [1.807, 2.05) is 24.3 Å². The lowest BCUT2D eigenvalue weighted by atomic mass is 10.1. The van der Waals surface area contributed by atoms with Gasteiger partial charge in [-0.2, -0.15) is 0 Å². The number of nitrogens with one attached hydrogen (secondary N) is 1. The normalized spacial score (nSPS) is 13.9. The van der Waals surface area contributed by atoms with Gasteiger partial charge in [-0.15, -0.1) is 0 Å². The molecule has 0 aliphatic carbocycles. The van der Waals surface area contributed by atoms with Crippen LogP contribution in [0, 0.1) is 5.82 Å². The second kappa shape index (κ2) is 8.66. The minimum atomic E-state index is -0.368. The maximum Gasteiger partial charge on any atom is 0.244 e. The van der Waals surface area contributed by atoms with Crippen LogP contribution in [0.5, 0.6) is 0 Å². The molecule has 0 saturated carbocycles. The molecular formula is C21H24FN3O2. The molecule has 0 unspecified atom stereocenters. The van der Waals surface area contributed by atoms with Gasteiger partial charge in [0.15, 0.2) is 0 Å². The first kappa shape index (κ1) is 18.9. The summed E-state index contributed by atoms with van der Waals surface area (Å²) >= 11 is 0. The average molecular weight is 369 g/mol. The van der Waals surface area contributed by atoms with E-state index in [-0.39, 0.29) is 24.2 Å². The molecule has 5 nitrogen and oxygen atoms in total. The number of benzene rings is 2. The van der Waals surface area contributed by atoms with Crippen LogP contribution in [0.3, 0.4) is 0 Å². The van der Waals surface area contributed by atoms with E-state index < -0.39 is 0 Å². The molecule has 6 heteroatoms. The second-order valence-electron chi connectivity index (χ2n) is 6.72. The summed E-state index contributed by atoms with van der Waals surface area (Å²) in [6, 6.07) is 13.3. The van der Waals surface area contributed by atoms with Crippen molar-refractivity contribution in [1.82, 2.24) is 0 Å². The van der Waals surface area contributed by atoms with Gasteiger partial charge in [0.05, 0.1) is 0 Å². The van der Waals surface area contributed by atoms with Crippen LogP contribution in [0.25, 0.3) is 0 Å². The second-order valence-corrected chi connectivity index (χ2v) is 6.72. The highest BCUT2D eigenvalue weighted by atomic mass is 19.1. The van der Waals surface area contributed by atoms with Crippen LogP contribution in [-0.4, -0.2) is 31.4 Å². The van der Waals surface area contributed by atoms with Gasteiger partial charge in [-0.3, -0.25) is 9.59 Å². The topological polar surface area (TPSA) is 52.7 Å². The Balaban J connectivity index is 1.66. The Labute approximate surface area is 158 Å². The molecule has 2 amide bonds. The average Bonchev–Trinajstić information content (AvgIpc) is 2.68. The quantitative estimate of drug-likeness (QED) is 0.872. The number of anilines is 3. The van der Waals surface area contributed by atoms with Crippen LogP contribution >= 0.6 is 0 Å². The third kappa shape index (κ3) is 5.06. The van der Waals surface area contributed by atoms with Gasteiger partial charge in [-0.1, -0.05) is 0 Å². The lowest BCUT2D eigenvalue weighted by molar-refractivity contribution is -0.120. The predicted molar refractivity (Wildman–Crippen MR) is 106 cm³/mol. The highest BCUT2D eigenvalue weighted by Crippen LogP contribution is 2.24. The molecule has 0 spiro atoms. The fourth-order valence-corrected chi connectivity index (χ4v) is 3.26. The summed E-state index contributed by atoms with van der Waals surface area (Å²) in [7, 11) is 0. The Kier molecular flexibility index (Phi) is 6.06. The third-order valence-electron chi connectivity index (χ3n) is 4.69. The minimum Gasteiger partial charge on any atom is -0.372 e. The van der Waals surface area contributed by atoms with Crippen molar-refractivity contribution >= 4 is 28.9 Å². The van der Waals surface area contributed by atoms with Gasteiger partial charge in [0, 0.05) is 37.1 Å². The molecule has 1 N–H and O–H groups in total. The lowest BCUT2D eigenvalue weighted by Crippen LogP contribution is -2.36. The van der Waals surface area contributed by atoms with E-state index in [0.29, 0.717) is 11.4 Å². The fourth-order valence-electron chi connectivity index (χ4n) is 3.26. The molecular weight excluding hydrogens is 345 g/mol. The number of carbonyl (C=O) groups is 2. The summed E-state index contributed by atoms with van der Waals surface area (Å²) in [6.07, 6.45) is 3.67. The first-order valence-electron chi connectivity index (χ1n) is 9.21. The molecule has 27 heavy (non-hydrogen) atoms. The standard InChI is InChI=1S/C21H24FN3O2/c1-16(26)25(15-21(27)23-18-7-5-17(22)6-8-18)20-11-9-19(10-12-20)24-13-3-2-4-14-24/h5-12H,2-4,13-15H2,1H3,(H,23,27). The molecule has 0 bridgehead atoms. The number of nitrogens with zero attached hydrogens (tertiary/aromatic N) is 2. The molecule has 0 aromatic heterocycles. The van der Waals surface area contributed by atoms with E-state index in [0.717, 1.165) is 18.8 Å². The number of halogens is 1. The van der Waals surface area contributed by atoms with E-state index in [1.54, 1.807) is 0 Å². The number of hydrogen-bond donors (Lipinski definition) is 1. The zero-order valence-corrected chi connectivity index (χ0v) is 15.5. The summed E-state index contributed by atoms with van der Waals surface area (Å²) in [5.41, 5.74) is 2.31. The number of rotatable bonds is 5. The first-order chi connectivity index (χ1) is 13.0. The smallest absolute Gasteiger partial charge is 0.244 e. The van der Waals surface area contributed by atoms with Gasteiger partial charge < -0.3 is 15.1 Å². The summed E-state index contributed by atoms with van der Waals surface area (Å²) in [5.74, 6) is -0.918. The van der Waals surface area contributed by atoms with Crippen molar-refractivity contribution in [3.05, 3.63) is 54.3 Å². The Morgan fingerprint density at radius 2 is 1.63 bits per heavy atom. The van der Waals surface area contributed by atoms with Gasteiger partial charge in [0.2, 0.25) is 11.8 Å². The largest absolute Gasteiger partial charge is 0.372 e. The van der Waals surface area contributed by atoms with Gasteiger partial charge >= 0.3 is 0 Å². The van der Waals surface area contributed by atoms with Crippen LogP contribution < -0.4 is 15.1 Å². The molecule has 1 fully saturated rings. The number of carbonyl (C=O) groups excluding carboxylic acids is 2. The van der Waals surface area contributed by atoms with Crippen molar-refractivity contribution in [1.29, 1.82) is 0 Å². The number of hydrogen-bond acceptors (Lipinski definition) is 3. The van der Waals surface area contributed by atoms with Crippen LogP contribution in [0.15, 0.2) is 48.5 Å². The monoisotopic (exact) mass is 369 g/mol. The van der Waals surface area contributed by atoms with E-state index >= 15 is 0 Å². The molecule has 0 atom stereocenters. The van der Waals surface area contributed by atoms with Crippen molar-refractivity contribution < 1.29 is 14.0 Å². The zero-order valence-electron chi connectivity index (χ0n) is 15.5. The maximum absolute atomic E-state index is 13.0. The molecule has 1 heterocycles. The van der Waals surface area contributed by atoms with Crippen molar-refractivity contribution in [3.8, 4) is 0 Å². The van der Waals surface area contributed by atoms with Crippen molar-refractivity contribution in [2.75, 3.05) is 34.8 Å². The predicted octanol–water partition coefficient (Wildman–Crippen LogP) is 3.81. The third-order valence-corrected chi connectivity index (χ3v) is 4.69. The van der Waals surface area contributed by atoms with Crippen LogP contribution in [0.2, 0.25) is 0 Å². The number of piperidine rings is 1. The first-order valence-corrected chi connectivity index (χ1v) is 9.21. The molecule has 1 aliphatic heterocycles. The Morgan fingerprint density at radius 1 is 1.00 bits per heavy atom. The molecule has 2 aromatic carbocycles. The highest BCUT2D eigenvalue weighted by Gasteiger charge is 2.17. The van der Waals surface area contributed by atoms with Crippen molar-refractivity contribution in [3.63, 3.8) is 0 Å². The SMILES string of the molecule is CC(=O)N(CC(=O)Nc1ccc(F)cc1)c1ccc(N2CCCCC2)cc1. The molecule has 0 radical (unpaired) electrons. The van der Waals surface area contributed by atoms with Crippen LogP contribution in [0.4, 0.5) is 21.5 Å². The summed E-state index contributed by atoms with van der Waals surface area (Å²) in [5, 5.41) is 2.68. The molecule has 1 aliphatic rings. The van der Waals surface area contributed by atoms with Crippen LogP contribution in [0.1, 0.15) is 26.2 Å². The van der Waals surface area contributed by atoms with Gasteiger partial charge in [-0.05, 0) is 67.8 Å².